The minimum Gasteiger partial charge on any atom is -0.381 e. The van der Waals surface area contributed by atoms with Crippen LogP contribution >= 0.6 is 0 Å². The zero-order valence-corrected chi connectivity index (χ0v) is 21.8. The van der Waals surface area contributed by atoms with Gasteiger partial charge < -0.3 is 10.4 Å². The molecule has 2 amide bonds. The first-order chi connectivity index (χ1) is 19.5. The van der Waals surface area contributed by atoms with Gasteiger partial charge in [-0.25, -0.2) is 14.6 Å². The molecule has 0 aliphatic rings. The van der Waals surface area contributed by atoms with Crippen LogP contribution in [-0.4, -0.2) is 55.9 Å². The first-order valence-corrected chi connectivity index (χ1v) is 12.8. The molecule has 2 unspecified atom stereocenters. The van der Waals surface area contributed by atoms with Crippen LogP contribution in [0.5, 0.6) is 0 Å². The molecule has 3 heterocycles. The van der Waals surface area contributed by atoms with Crippen molar-refractivity contribution in [1.29, 1.82) is 0 Å². The number of anilines is 1. The predicted molar refractivity (Wildman–Crippen MR) is 152 cm³/mol. The van der Waals surface area contributed by atoms with Gasteiger partial charge >= 0.3 is 0 Å². The number of hydrogen-bond acceptors (Lipinski definition) is 6. The van der Waals surface area contributed by atoms with Crippen LogP contribution in [0.15, 0.2) is 116 Å². The monoisotopic (exact) mass is 532 g/mol. The van der Waals surface area contributed by atoms with Crippen LogP contribution in [0.25, 0.3) is 17.1 Å². The number of aliphatic hydroxyl groups excluding tert-OH is 1. The average Bonchev–Trinajstić information content (AvgIpc) is 3.51. The molecular formula is C31H28N6O3. The van der Waals surface area contributed by atoms with Gasteiger partial charge in [-0.05, 0) is 42.3 Å². The molecule has 0 saturated heterocycles. The molecule has 0 radical (unpaired) electrons. The van der Waals surface area contributed by atoms with E-state index in [1.54, 1.807) is 53.6 Å². The van der Waals surface area contributed by atoms with Crippen molar-refractivity contribution < 1.29 is 14.7 Å². The van der Waals surface area contributed by atoms with Crippen LogP contribution in [-0.2, 0) is 11.2 Å². The van der Waals surface area contributed by atoms with Gasteiger partial charge in [-0.3, -0.25) is 14.5 Å². The Bertz CT molecular complexity index is 1570. The highest BCUT2D eigenvalue weighted by Crippen LogP contribution is 2.20. The summed E-state index contributed by atoms with van der Waals surface area (Å²) in [5.74, 6) is -0.370. The maximum Gasteiger partial charge on any atom is 0.258 e. The Morgan fingerprint density at radius 3 is 2.30 bits per heavy atom. The number of pyridine rings is 2. The molecular weight excluding hydrogens is 504 g/mol. The second kappa shape index (κ2) is 12.1. The van der Waals surface area contributed by atoms with Crippen molar-refractivity contribution in [1.82, 2.24) is 25.1 Å². The molecule has 0 saturated carbocycles. The Balaban J connectivity index is 1.42. The van der Waals surface area contributed by atoms with E-state index in [1.165, 1.54) is 11.9 Å². The Morgan fingerprint density at radius 2 is 1.57 bits per heavy atom. The fourth-order valence-electron chi connectivity index (χ4n) is 4.35. The van der Waals surface area contributed by atoms with Gasteiger partial charge in [0.1, 0.15) is 5.82 Å². The van der Waals surface area contributed by atoms with E-state index < -0.39 is 24.0 Å². The summed E-state index contributed by atoms with van der Waals surface area (Å²) < 4.78 is 1.54. The Morgan fingerprint density at radius 1 is 0.875 bits per heavy atom. The average molecular weight is 533 g/mol. The summed E-state index contributed by atoms with van der Waals surface area (Å²) in [5, 5.41) is 18.7. The van der Waals surface area contributed by atoms with Crippen molar-refractivity contribution in [3.8, 4) is 17.1 Å². The van der Waals surface area contributed by atoms with Gasteiger partial charge in [-0.1, -0.05) is 66.7 Å². The van der Waals surface area contributed by atoms with Gasteiger partial charge in [0.05, 0.1) is 17.3 Å². The molecule has 40 heavy (non-hydrogen) atoms. The van der Waals surface area contributed by atoms with Crippen molar-refractivity contribution in [2.45, 2.75) is 18.6 Å². The second-order valence-corrected chi connectivity index (χ2v) is 9.19. The van der Waals surface area contributed by atoms with E-state index in [0.717, 1.165) is 16.8 Å². The highest BCUT2D eigenvalue weighted by molar-refractivity contribution is 5.99. The molecule has 200 valence electrons. The first-order valence-electron chi connectivity index (χ1n) is 12.8. The standard InChI is InChI=1S/C31H28N6O3/c1-36(27-16-8-9-18-32-27)31(40)28(38)26(21-22-11-4-2-5-12-22)34-30(39)24-15-10-19-33-29(24)37-20-17-25(35-37)23-13-6-3-7-14-23/h2-20,26,28,38H,21H2,1H3,(H,34,39). The van der Waals surface area contributed by atoms with E-state index in [-0.39, 0.29) is 12.0 Å². The second-order valence-electron chi connectivity index (χ2n) is 9.19. The zero-order chi connectivity index (χ0) is 27.9. The van der Waals surface area contributed by atoms with E-state index in [0.29, 0.717) is 11.6 Å². The lowest BCUT2D eigenvalue weighted by molar-refractivity contribution is -0.127. The van der Waals surface area contributed by atoms with Crippen LogP contribution in [0.3, 0.4) is 0 Å². The molecule has 0 aliphatic carbocycles. The molecule has 0 bridgehead atoms. The number of carbonyl (C=O) groups excluding carboxylic acids is 2. The van der Waals surface area contributed by atoms with Crippen molar-refractivity contribution in [2.75, 3.05) is 11.9 Å². The summed E-state index contributed by atoms with van der Waals surface area (Å²) in [5.41, 5.74) is 2.77. The van der Waals surface area contributed by atoms with Gasteiger partial charge in [0, 0.05) is 31.2 Å². The third kappa shape index (κ3) is 5.95. The summed E-state index contributed by atoms with van der Waals surface area (Å²) >= 11 is 0. The smallest absolute Gasteiger partial charge is 0.258 e. The van der Waals surface area contributed by atoms with E-state index in [1.807, 2.05) is 66.7 Å². The molecule has 5 rings (SSSR count). The van der Waals surface area contributed by atoms with E-state index >= 15 is 0 Å². The molecule has 9 nitrogen and oxygen atoms in total. The quantitative estimate of drug-likeness (QED) is 0.299. The first kappa shape index (κ1) is 26.5. The van der Waals surface area contributed by atoms with Gasteiger partial charge in [0.2, 0.25) is 0 Å². The van der Waals surface area contributed by atoms with Crippen molar-refractivity contribution in [3.63, 3.8) is 0 Å². The number of nitrogens with one attached hydrogen (secondary N) is 1. The number of carbonyl (C=O) groups is 2. The molecule has 2 aromatic carbocycles. The summed E-state index contributed by atoms with van der Waals surface area (Å²) in [6, 6.07) is 28.4. The van der Waals surface area contributed by atoms with Crippen molar-refractivity contribution >= 4 is 17.6 Å². The highest BCUT2D eigenvalue weighted by Gasteiger charge is 2.32. The maximum absolute atomic E-state index is 13.6. The number of nitrogens with zero attached hydrogens (tertiary/aromatic N) is 5. The fourth-order valence-corrected chi connectivity index (χ4v) is 4.35. The SMILES string of the molecule is CN(C(=O)C(O)C(Cc1ccccc1)NC(=O)c1cccnc1-n1ccc(-c2ccccc2)n1)c1ccccn1. The number of rotatable bonds is 9. The molecule has 0 fully saturated rings. The number of amides is 2. The van der Waals surface area contributed by atoms with Crippen LogP contribution in [0.1, 0.15) is 15.9 Å². The number of aliphatic hydroxyl groups is 1. The normalized spacial score (nSPS) is 12.3. The topological polar surface area (TPSA) is 113 Å². The summed E-state index contributed by atoms with van der Waals surface area (Å²) in [4.78, 5) is 36.8. The van der Waals surface area contributed by atoms with Crippen molar-refractivity contribution in [2.24, 2.45) is 0 Å². The molecule has 5 aromatic rings. The lowest BCUT2D eigenvalue weighted by Crippen LogP contribution is -2.52. The summed E-state index contributed by atoms with van der Waals surface area (Å²) in [6.45, 7) is 0. The van der Waals surface area contributed by atoms with Crippen molar-refractivity contribution in [3.05, 3.63) is 127 Å². The molecule has 2 atom stereocenters. The van der Waals surface area contributed by atoms with Gasteiger partial charge in [0.15, 0.2) is 11.9 Å². The van der Waals surface area contributed by atoms with Crippen LogP contribution < -0.4 is 10.2 Å². The lowest BCUT2D eigenvalue weighted by atomic mass is 9.99. The number of likely N-dealkylation sites (N-methyl/N-ethyl adjacent to an activating group) is 1. The minimum absolute atomic E-state index is 0.227. The van der Waals surface area contributed by atoms with E-state index in [4.69, 9.17) is 0 Å². The van der Waals surface area contributed by atoms with E-state index in [9.17, 15) is 14.7 Å². The van der Waals surface area contributed by atoms with Crippen LogP contribution in [0.2, 0.25) is 0 Å². The zero-order valence-electron chi connectivity index (χ0n) is 21.8. The molecule has 9 heteroatoms. The lowest BCUT2D eigenvalue weighted by Gasteiger charge is -2.27. The minimum atomic E-state index is -1.54. The third-order valence-electron chi connectivity index (χ3n) is 6.48. The number of benzene rings is 2. The maximum atomic E-state index is 13.6. The fraction of sp³-hybridized carbons (Fsp3) is 0.129. The van der Waals surface area contributed by atoms with Gasteiger partial charge in [-0.15, -0.1) is 0 Å². The Kier molecular flexibility index (Phi) is 8.03. The van der Waals surface area contributed by atoms with Gasteiger partial charge in [-0.2, -0.15) is 5.10 Å². The highest BCUT2D eigenvalue weighted by atomic mass is 16.3. The van der Waals surface area contributed by atoms with Crippen LogP contribution in [0, 0.1) is 0 Å². The molecule has 2 N–H and O–H groups in total. The van der Waals surface area contributed by atoms with E-state index in [2.05, 4.69) is 20.4 Å². The largest absolute Gasteiger partial charge is 0.381 e. The van der Waals surface area contributed by atoms with Gasteiger partial charge in [0.25, 0.3) is 11.8 Å². The number of aromatic nitrogens is 4. The summed E-state index contributed by atoms with van der Waals surface area (Å²) in [6.07, 6.45) is 3.58. The third-order valence-corrected chi connectivity index (χ3v) is 6.48. The molecule has 3 aromatic heterocycles. The molecule has 0 aliphatic heterocycles. The Hall–Kier alpha value is -5.15. The predicted octanol–water partition coefficient (Wildman–Crippen LogP) is 3.69. The summed E-state index contributed by atoms with van der Waals surface area (Å²) in [7, 11) is 1.54. The Labute approximate surface area is 231 Å². The number of hydrogen-bond donors (Lipinski definition) is 2. The molecule has 0 spiro atoms. The van der Waals surface area contributed by atoms with Crippen LogP contribution in [0.4, 0.5) is 5.82 Å².